The predicted molar refractivity (Wildman–Crippen MR) is 183 cm³/mol. The molecule has 45 heavy (non-hydrogen) atoms. The number of pyridine rings is 1. The summed E-state index contributed by atoms with van der Waals surface area (Å²) in [6.45, 7) is 6.69. The minimum Gasteiger partial charge on any atom is -0.497 e. The molecule has 4 heterocycles. The van der Waals surface area contributed by atoms with Gasteiger partial charge in [0.2, 0.25) is 0 Å². The molecule has 0 saturated heterocycles. The highest BCUT2D eigenvalue weighted by molar-refractivity contribution is 7.15. The minimum atomic E-state index is 0.209. The molecule has 0 N–H and O–H groups in total. The smallest absolute Gasteiger partial charge is 0.118 e. The van der Waals surface area contributed by atoms with Crippen molar-refractivity contribution in [3.8, 4) is 33.2 Å². The van der Waals surface area contributed by atoms with Gasteiger partial charge in [-0.15, -0.1) is 11.3 Å². The number of ether oxygens (including phenoxy) is 2. The van der Waals surface area contributed by atoms with Crippen LogP contribution in [0.15, 0.2) is 116 Å². The van der Waals surface area contributed by atoms with Crippen molar-refractivity contribution in [2.75, 3.05) is 14.2 Å². The molecule has 0 bridgehead atoms. The molecule has 2 aromatic carbocycles. The number of rotatable bonds is 11. The highest BCUT2D eigenvalue weighted by Gasteiger charge is 2.18. The van der Waals surface area contributed by atoms with E-state index in [1.165, 1.54) is 15.3 Å². The summed E-state index contributed by atoms with van der Waals surface area (Å²) in [5.41, 5.74) is 4.34. The van der Waals surface area contributed by atoms with Crippen LogP contribution in [0.3, 0.4) is 0 Å². The van der Waals surface area contributed by atoms with Gasteiger partial charge in [0.15, 0.2) is 0 Å². The lowest BCUT2D eigenvalue weighted by atomic mass is 10.0. The summed E-state index contributed by atoms with van der Waals surface area (Å²) in [6, 6.07) is 27.4. The third-order valence-corrected chi connectivity index (χ3v) is 8.91. The van der Waals surface area contributed by atoms with E-state index in [2.05, 4.69) is 82.5 Å². The van der Waals surface area contributed by atoms with E-state index in [1.807, 2.05) is 78.8 Å². The molecular formula is C37H41N5O2S. The molecule has 0 aliphatic rings. The van der Waals surface area contributed by atoms with E-state index in [4.69, 9.17) is 14.5 Å². The topological polar surface area (TPSA) is 67.0 Å². The van der Waals surface area contributed by atoms with E-state index in [0.717, 1.165) is 41.3 Å². The van der Waals surface area contributed by atoms with Crippen molar-refractivity contribution >= 4 is 11.3 Å². The van der Waals surface area contributed by atoms with E-state index in [1.54, 1.807) is 20.4 Å². The molecule has 0 aliphatic heterocycles. The van der Waals surface area contributed by atoms with Gasteiger partial charge in [-0.1, -0.05) is 26.8 Å². The average Bonchev–Trinajstić information content (AvgIpc) is 3.89. The second kappa shape index (κ2) is 15.3. The fraction of sp³-hybridized carbons (Fsp3) is 0.270. The molecule has 0 amide bonds. The van der Waals surface area contributed by atoms with Crippen LogP contribution in [0.4, 0.5) is 0 Å². The van der Waals surface area contributed by atoms with Gasteiger partial charge in [0, 0.05) is 40.1 Å². The number of imidazole rings is 2. The lowest BCUT2D eigenvalue weighted by molar-refractivity contribution is 0.415. The zero-order chi connectivity index (χ0) is 31.6. The zero-order valence-electron chi connectivity index (χ0n) is 26.6. The number of hydrogen-bond acceptors (Lipinski definition) is 6. The zero-order valence-corrected chi connectivity index (χ0v) is 27.4. The Morgan fingerprint density at radius 1 is 0.711 bits per heavy atom. The molecule has 0 radical (unpaired) electrons. The van der Waals surface area contributed by atoms with Gasteiger partial charge in [-0.05, 0) is 97.1 Å². The number of benzene rings is 2. The summed E-state index contributed by atoms with van der Waals surface area (Å²) < 4.78 is 14.7. The summed E-state index contributed by atoms with van der Waals surface area (Å²) in [4.78, 5) is 15.9. The Hall–Kier alpha value is -4.69. The van der Waals surface area contributed by atoms with Gasteiger partial charge in [0.05, 0.1) is 50.3 Å². The van der Waals surface area contributed by atoms with E-state index >= 15 is 0 Å². The van der Waals surface area contributed by atoms with Crippen LogP contribution in [0.2, 0.25) is 0 Å². The summed E-state index contributed by atoms with van der Waals surface area (Å²) >= 11 is 1.86. The number of aromatic nitrogens is 5. The first-order chi connectivity index (χ1) is 22.0. The first-order valence-electron chi connectivity index (χ1n) is 15.3. The maximum atomic E-state index is 5.23. The van der Waals surface area contributed by atoms with Gasteiger partial charge in [-0.2, -0.15) is 0 Å². The SMILES string of the molecule is CCC(c1cccc(-c2ccc(OC)cc2)n1)n1ccnc1.COc1ccc(-c2ccc(C(CC(C)C)n3ccnc3)s2)cc1. The molecule has 4 aromatic heterocycles. The molecule has 6 rings (SSSR count). The Morgan fingerprint density at radius 3 is 1.84 bits per heavy atom. The first kappa shape index (κ1) is 31.7. The lowest BCUT2D eigenvalue weighted by Crippen LogP contribution is -2.10. The highest BCUT2D eigenvalue weighted by atomic mass is 32.1. The quantitative estimate of drug-likeness (QED) is 0.145. The van der Waals surface area contributed by atoms with Crippen LogP contribution in [0.1, 0.15) is 56.3 Å². The Balaban J connectivity index is 0.000000178. The maximum absolute atomic E-state index is 5.23. The molecule has 7 nitrogen and oxygen atoms in total. The van der Waals surface area contributed by atoms with Gasteiger partial charge < -0.3 is 18.6 Å². The lowest BCUT2D eigenvalue weighted by Gasteiger charge is -2.19. The molecule has 2 atom stereocenters. The van der Waals surface area contributed by atoms with Crippen LogP contribution in [-0.4, -0.2) is 38.3 Å². The number of nitrogens with zero attached hydrogens (tertiary/aromatic N) is 5. The Kier molecular flexibility index (Phi) is 10.8. The summed E-state index contributed by atoms with van der Waals surface area (Å²) in [6.07, 6.45) is 13.5. The van der Waals surface area contributed by atoms with E-state index in [0.29, 0.717) is 12.0 Å². The minimum absolute atomic E-state index is 0.209. The standard InChI is InChI=1S/C19H22N2OS.C18H19N3O/c1-14(2)12-17(21-11-10-20-13-21)19-9-8-18(23-19)15-4-6-16(22-3)7-5-15;1-3-18(21-12-11-19-13-21)17-6-4-5-16(20-17)14-7-9-15(22-2)10-8-14/h4-11,13-14,17H,12H2,1-3H3;4-13,18H,3H2,1-2H3. The predicted octanol–water partition coefficient (Wildman–Crippen LogP) is 9.21. The van der Waals surface area contributed by atoms with Crippen molar-refractivity contribution in [1.29, 1.82) is 0 Å². The van der Waals surface area contributed by atoms with Gasteiger partial charge in [0.1, 0.15) is 11.5 Å². The molecular weight excluding hydrogens is 579 g/mol. The summed E-state index contributed by atoms with van der Waals surface area (Å²) in [7, 11) is 3.37. The van der Waals surface area contributed by atoms with Crippen molar-refractivity contribution in [2.45, 2.75) is 45.7 Å². The normalized spacial score (nSPS) is 12.3. The third kappa shape index (κ3) is 8.08. The largest absolute Gasteiger partial charge is 0.497 e. The van der Waals surface area contributed by atoms with Crippen LogP contribution in [0, 0.1) is 5.92 Å². The number of hydrogen-bond donors (Lipinski definition) is 0. The molecule has 232 valence electrons. The second-order valence-corrected chi connectivity index (χ2v) is 12.3. The van der Waals surface area contributed by atoms with Crippen molar-refractivity contribution in [3.63, 3.8) is 0 Å². The summed E-state index contributed by atoms with van der Waals surface area (Å²) in [5, 5.41) is 0. The third-order valence-electron chi connectivity index (χ3n) is 7.68. The molecule has 6 aromatic rings. The van der Waals surface area contributed by atoms with Crippen LogP contribution >= 0.6 is 11.3 Å². The molecule has 0 spiro atoms. The Morgan fingerprint density at radius 2 is 1.31 bits per heavy atom. The van der Waals surface area contributed by atoms with Crippen LogP contribution in [0.25, 0.3) is 21.7 Å². The first-order valence-corrected chi connectivity index (χ1v) is 16.1. The second-order valence-electron chi connectivity index (χ2n) is 11.2. The molecule has 0 aliphatic carbocycles. The monoisotopic (exact) mass is 619 g/mol. The molecule has 8 heteroatoms. The summed E-state index contributed by atoms with van der Waals surface area (Å²) in [5.74, 6) is 2.38. The highest BCUT2D eigenvalue weighted by Crippen LogP contribution is 2.36. The van der Waals surface area contributed by atoms with Crippen molar-refractivity contribution in [1.82, 2.24) is 24.1 Å². The van der Waals surface area contributed by atoms with Crippen LogP contribution < -0.4 is 9.47 Å². The molecule has 0 saturated carbocycles. The number of methoxy groups -OCH3 is 2. The fourth-order valence-electron chi connectivity index (χ4n) is 5.31. The van der Waals surface area contributed by atoms with Crippen molar-refractivity contribution in [2.24, 2.45) is 5.92 Å². The Labute approximate surface area is 270 Å². The van der Waals surface area contributed by atoms with Crippen molar-refractivity contribution in [3.05, 3.63) is 127 Å². The van der Waals surface area contributed by atoms with E-state index in [9.17, 15) is 0 Å². The van der Waals surface area contributed by atoms with E-state index in [-0.39, 0.29) is 6.04 Å². The number of thiophene rings is 1. The van der Waals surface area contributed by atoms with Crippen LogP contribution in [-0.2, 0) is 0 Å². The van der Waals surface area contributed by atoms with Gasteiger partial charge >= 0.3 is 0 Å². The van der Waals surface area contributed by atoms with Crippen LogP contribution in [0.5, 0.6) is 11.5 Å². The van der Waals surface area contributed by atoms with Gasteiger partial charge in [-0.3, -0.25) is 4.98 Å². The van der Waals surface area contributed by atoms with Gasteiger partial charge in [-0.25, -0.2) is 9.97 Å². The fourth-order valence-corrected chi connectivity index (χ4v) is 6.45. The Bertz CT molecular complexity index is 1710. The maximum Gasteiger partial charge on any atom is 0.118 e. The van der Waals surface area contributed by atoms with Crippen molar-refractivity contribution < 1.29 is 9.47 Å². The average molecular weight is 620 g/mol. The molecule has 2 unspecified atom stereocenters. The van der Waals surface area contributed by atoms with E-state index < -0.39 is 0 Å². The molecule has 0 fully saturated rings. The van der Waals surface area contributed by atoms with Gasteiger partial charge in [0.25, 0.3) is 0 Å².